The van der Waals surface area contributed by atoms with Crippen molar-refractivity contribution in [1.82, 2.24) is 4.90 Å². The molecule has 0 aliphatic heterocycles. The molecule has 0 saturated carbocycles. The van der Waals surface area contributed by atoms with Crippen molar-refractivity contribution in [3.05, 3.63) is 20.4 Å². The van der Waals surface area contributed by atoms with Crippen molar-refractivity contribution in [3.8, 4) is 0 Å². The zero-order valence-corrected chi connectivity index (χ0v) is 18.2. The Balaban J connectivity index is 2.28. The van der Waals surface area contributed by atoms with Gasteiger partial charge in [-0.05, 0) is 38.9 Å². The Kier molecular flexibility index (Phi) is 13.3. The number of nitrogens with zero attached hydrogens (tertiary/aromatic N) is 1. The van der Waals surface area contributed by atoms with Gasteiger partial charge in [0.05, 0.1) is 0 Å². The van der Waals surface area contributed by atoms with Crippen molar-refractivity contribution in [2.45, 2.75) is 84.5 Å². The van der Waals surface area contributed by atoms with Gasteiger partial charge >= 0.3 is 0 Å². The highest BCUT2D eigenvalue weighted by Gasteiger charge is 2.19. The van der Waals surface area contributed by atoms with E-state index in [1.54, 1.807) is 0 Å². The van der Waals surface area contributed by atoms with Crippen LogP contribution in [0.1, 0.15) is 84.5 Å². The van der Waals surface area contributed by atoms with Crippen LogP contribution in [0.2, 0.25) is 0 Å². The van der Waals surface area contributed by atoms with Crippen LogP contribution >= 0.6 is 12.8 Å². The largest absolute Gasteiger partial charge is 0.380 e. The minimum Gasteiger partial charge on any atom is -0.380 e. The monoisotopic (exact) mass is 397 g/mol. The average molecular weight is 398 g/mol. The van der Waals surface area contributed by atoms with E-state index in [2.05, 4.69) is 41.6 Å². The van der Waals surface area contributed by atoms with Gasteiger partial charge in [0, 0.05) is 6.54 Å². The second-order valence-electron chi connectivity index (χ2n) is 7.47. The molecule has 27 heavy (non-hydrogen) atoms. The summed E-state index contributed by atoms with van der Waals surface area (Å²) in [7, 11) is 0. The summed E-state index contributed by atoms with van der Waals surface area (Å²) in [6.07, 6.45) is 14.1. The van der Waals surface area contributed by atoms with Crippen molar-refractivity contribution in [1.29, 1.82) is 0 Å². The lowest BCUT2D eigenvalue weighted by Crippen LogP contribution is -2.36. The first-order valence-electron chi connectivity index (χ1n) is 10.8. The molecule has 156 valence electrons. The maximum atomic E-state index is 11.6. The van der Waals surface area contributed by atoms with E-state index in [0.29, 0.717) is 17.9 Å². The molecule has 6 heteroatoms. The first-order chi connectivity index (χ1) is 13.2. The van der Waals surface area contributed by atoms with E-state index >= 15 is 0 Å². The molecule has 0 unspecified atom stereocenters. The number of hydrogen-bond donors (Lipinski definition) is 3. The van der Waals surface area contributed by atoms with Gasteiger partial charge in [0.25, 0.3) is 10.9 Å². The van der Waals surface area contributed by atoms with Crippen LogP contribution in [0, 0.1) is 0 Å². The van der Waals surface area contributed by atoms with Crippen molar-refractivity contribution in [2.75, 3.05) is 36.2 Å². The van der Waals surface area contributed by atoms with Crippen LogP contribution in [0.25, 0.3) is 0 Å². The molecule has 0 fully saturated rings. The molecular formula is C21H39N3O2S. The fourth-order valence-corrected chi connectivity index (χ4v) is 3.61. The maximum absolute atomic E-state index is 11.6. The van der Waals surface area contributed by atoms with Gasteiger partial charge in [-0.15, -0.1) is 0 Å². The fourth-order valence-electron chi connectivity index (χ4n) is 3.40. The summed E-state index contributed by atoms with van der Waals surface area (Å²) in [5.41, 5.74) is -0.226. The van der Waals surface area contributed by atoms with E-state index in [0.717, 1.165) is 13.0 Å². The van der Waals surface area contributed by atoms with E-state index in [9.17, 15) is 9.59 Å². The van der Waals surface area contributed by atoms with E-state index in [4.69, 9.17) is 0 Å². The molecular weight excluding hydrogens is 358 g/mol. The van der Waals surface area contributed by atoms with Crippen molar-refractivity contribution in [2.24, 2.45) is 0 Å². The highest BCUT2D eigenvalue weighted by molar-refractivity contribution is 7.81. The van der Waals surface area contributed by atoms with Crippen LogP contribution in [0.15, 0.2) is 9.59 Å². The first kappa shape index (κ1) is 24.0. The number of nitrogens with one attached hydrogen (secondary N) is 2. The molecule has 0 radical (unpaired) electrons. The van der Waals surface area contributed by atoms with E-state index in [-0.39, 0.29) is 0 Å². The highest BCUT2D eigenvalue weighted by atomic mass is 32.1. The summed E-state index contributed by atoms with van der Waals surface area (Å²) in [5, 5.41) is 3.09. The minimum atomic E-state index is -0.479. The summed E-state index contributed by atoms with van der Waals surface area (Å²) >= 11 is 3.88. The lowest BCUT2D eigenvalue weighted by Gasteiger charge is -2.23. The smallest absolute Gasteiger partial charge is 0.254 e. The van der Waals surface area contributed by atoms with Crippen LogP contribution in [-0.2, 0) is 0 Å². The SMILES string of the molecule is CCCCCCCCN(CCCCCC)CCCNc1c(NS)c(=O)c1=O. The highest BCUT2D eigenvalue weighted by Crippen LogP contribution is 2.14. The Bertz CT molecular complexity index is 570. The van der Waals surface area contributed by atoms with Gasteiger partial charge in [0.1, 0.15) is 11.4 Å². The molecule has 0 bridgehead atoms. The van der Waals surface area contributed by atoms with Crippen LogP contribution in [-0.4, -0.2) is 31.1 Å². The molecule has 0 spiro atoms. The molecule has 0 aliphatic carbocycles. The number of hydrogen-bond acceptors (Lipinski definition) is 6. The molecule has 1 rings (SSSR count). The molecule has 0 aliphatic rings. The third kappa shape index (κ3) is 9.15. The molecule has 5 nitrogen and oxygen atoms in total. The van der Waals surface area contributed by atoms with Gasteiger partial charge < -0.3 is 14.9 Å². The molecule has 0 atom stereocenters. The molecule has 0 amide bonds. The molecule has 1 aromatic carbocycles. The number of rotatable bonds is 18. The van der Waals surface area contributed by atoms with Crippen LogP contribution in [0.3, 0.4) is 0 Å². The topological polar surface area (TPSA) is 61.4 Å². The second kappa shape index (κ2) is 15.0. The normalized spacial score (nSPS) is 11.4. The summed E-state index contributed by atoms with van der Waals surface area (Å²) in [6.45, 7) is 8.57. The van der Waals surface area contributed by atoms with Gasteiger partial charge in [0.2, 0.25) is 0 Å². The summed E-state index contributed by atoms with van der Waals surface area (Å²) in [4.78, 5) is 25.5. The Hall–Kier alpha value is -1.01. The van der Waals surface area contributed by atoms with E-state index in [1.807, 2.05) is 0 Å². The third-order valence-electron chi connectivity index (χ3n) is 5.13. The maximum Gasteiger partial charge on any atom is 0.254 e. The van der Waals surface area contributed by atoms with Gasteiger partial charge in [0.15, 0.2) is 0 Å². The lowest BCUT2D eigenvalue weighted by atomic mass is 10.1. The number of anilines is 2. The number of thiol groups is 1. The van der Waals surface area contributed by atoms with Gasteiger partial charge in [-0.1, -0.05) is 78.0 Å². The predicted molar refractivity (Wildman–Crippen MR) is 121 cm³/mol. The third-order valence-corrected chi connectivity index (χ3v) is 5.35. The fraction of sp³-hybridized carbons (Fsp3) is 0.810. The van der Waals surface area contributed by atoms with Crippen LogP contribution in [0.4, 0.5) is 11.4 Å². The van der Waals surface area contributed by atoms with E-state index < -0.39 is 10.9 Å². The zero-order valence-electron chi connectivity index (χ0n) is 17.3. The lowest BCUT2D eigenvalue weighted by molar-refractivity contribution is 0.259. The molecule has 0 aromatic heterocycles. The summed E-state index contributed by atoms with van der Waals surface area (Å²) in [6, 6.07) is 0. The Morgan fingerprint density at radius 3 is 1.78 bits per heavy atom. The first-order valence-corrected chi connectivity index (χ1v) is 11.3. The molecule has 2 N–H and O–H groups in total. The minimum absolute atomic E-state index is 0.298. The second-order valence-corrected chi connectivity index (χ2v) is 7.69. The van der Waals surface area contributed by atoms with E-state index in [1.165, 1.54) is 77.3 Å². The number of unbranched alkanes of at least 4 members (excludes halogenated alkanes) is 8. The molecule has 0 heterocycles. The van der Waals surface area contributed by atoms with Crippen LogP contribution < -0.4 is 20.9 Å². The average Bonchev–Trinajstić information content (AvgIpc) is 2.68. The van der Waals surface area contributed by atoms with Crippen molar-refractivity contribution >= 4 is 24.2 Å². The summed E-state index contributed by atoms with van der Waals surface area (Å²) < 4.78 is 2.50. The molecule has 1 aromatic rings. The summed E-state index contributed by atoms with van der Waals surface area (Å²) in [5.74, 6) is 0. The Morgan fingerprint density at radius 1 is 0.704 bits per heavy atom. The Morgan fingerprint density at radius 2 is 1.19 bits per heavy atom. The van der Waals surface area contributed by atoms with Crippen LogP contribution in [0.5, 0.6) is 0 Å². The van der Waals surface area contributed by atoms with Crippen molar-refractivity contribution in [3.63, 3.8) is 0 Å². The quantitative estimate of drug-likeness (QED) is 0.192. The van der Waals surface area contributed by atoms with Gasteiger partial charge in [-0.25, -0.2) is 0 Å². The standard InChI is InChI=1S/C21H39N3O2S/c1-3-5-7-9-10-12-16-24(15-11-8-6-4-2)17-13-14-22-18-19(23-27)21(26)20(18)25/h22-23,27H,3-17H2,1-2H3. The van der Waals surface area contributed by atoms with Gasteiger partial charge in [-0.3, -0.25) is 9.59 Å². The van der Waals surface area contributed by atoms with Crippen molar-refractivity contribution < 1.29 is 0 Å². The zero-order chi connectivity index (χ0) is 19.9. The molecule has 0 saturated heterocycles. The van der Waals surface area contributed by atoms with Gasteiger partial charge in [-0.2, -0.15) is 0 Å². The predicted octanol–water partition coefficient (Wildman–Crippen LogP) is 4.58. The Labute approximate surface area is 170 Å².